The SMILES string of the molecule is C=C(NC(C)c1ccccc1)c1cccc2c1sc1ccccc12. The van der Waals surface area contributed by atoms with Gasteiger partial charge >= 0.3 is 0 Å². The molecule has 0 aliphatic heterocycles. The fourth-order valence-corrected chi connectivity index (χ4v) is 4.39. The van der Waals surface area contributed by atoms with E-state index < -0.39 is 0 Å². The molecule has 1 nitrogen and oxygen atoms in total. The molecule has 1 atom stereocenters. The van der Waals surface area contributed by atoms with Crippen molar-refractivity contribution < 1.29 is 0 Å². The molecule has 0 bridgehead atoms. The molecule has 4 rings (SSSR count). The topological polar surface area (TPSA) is 12.0 Å². The van der Waals surface area contributed by atoms with Crippen LogP contribution in [0.4, 0.5) is 0 Å². The molecule has 1 heterocycles. The van der Waals surface area contributed by atoms with Crippen molar-refractivity contribution in [3.63, 3.8) is 0 Å². The highest BCUT2D eigenvalue weighted by molar-refractivity contribution is 7.26. The Bertz CT molecular complexity index is 1010. The van der Waals surface area contributed by atoms with Gasteiger partial charge in [-0.2, -0.15) is 0 Å². The van der Waals surface area contributed by atoms with Crippen molar-refractivity contribution in [1.82, 2.24) is 5.32 Å². The molecule has 118 valence electrons. The van der Waals surface area contributed by atoms with Crippen LogP contribution < -0.4 is 5.32 Å². The normalized spacial score (nSPS) is 12.4. The Hall–Kier alpha value is -2.58. The second-order valence-corrected chi connectivity index (χ2v) is 7.09. The van der Waals surface area contributed by atoms with Gasteiger partial charge in [0.2, 0.25) is 0 Å². The molecule has 0 aliphatic rings. The zero-order valence-electron chi connectivity index (χ0n) is 13.6. The number of hydrogen-bond donors (Lipinski definition) is 1. The zero-order chi connectivity index (χ0) is 16.5. The fourth-order valence-electron chi connectivity index (χ4n) is 3.15. The van der Waals surface area contributed by atoms with Crippen molar-refractivity contribution in [3.05, 3.63) is 90.5 Å². The highest BCUT2D eigenvalue weighted by atomic mass is 32.1. The van der Waals surface area contributed by atoms with Gasteiger partial charge in [0.05, 0.1) is 0 Å². The predicted molar refractivity (Wildman–Crippen MR) is 106 cm³/mol. The summed E-state index contributed by atoms with van der Waals surface area (Å²) >= 11 is 1.84. The molecule has 0 aliphatic carbocycles. The van der Waals surface area contributed by atoms with E-state index in [0.717, 1.165) is 5.70 Å². The minimum absolute atomic E-state index is 0.225. The summed E-state index contributed by atoms with van der Waals surface area (Å²) in [6, 6.07) is 25.8. The van der Waals surface area contributed by atoms with Crippen molar-refractivity contribution >= 4 is 37.2 Å². The molecule has 3 aromatic carbocycles. The number of benzene rings is 3. The summed E-state index contributed by atoms with van der Waals surface area (Å²) in [7, 11) is 0. The maximum absolute atomic E-state index is 4.31. The predicted octanol–water partition coefficient (Wildman–Crippen LogP) is 6.38. The van der Waals surface area contributed by atoms with Crippen LogP contribution in [0.3, 0.4) is 0 Å². The van der Waals surface area contributed by atoms with Gasteiger partial charge in [-0.15, -0.1) is 11.3 Å². The largest absolute Gasteiger partial charge is 0.378 e. The first-order chi connectivity index (χ1) is 11.7. The Morgan fingerprint density at radius 1 is 0.875 bits per heavy atom. The monoisotopic (exact) mass is 329 g/mol. The number of hydrogen-bond acceptors (Lipinski definition) is 2. The molecule has 0 amide bonds. The molecule has 0 saturated heterocycles. The molecule has 0 fully saturated rings. The van der Waals surface area contributed by atoms with Crippen molar-refractivity contribution in [3.8, 4) is 0 Å². The minimum Gasteiger partial charge on any atom is -0.378 e. The Kier molecular flexibility index (Phi) is 3.83. The molecular formula is C22H19NS. The molecule has 24 heavy (non-hydrogen) atoms. The highest BCUT2D eigenvalue weighted by Gasteiger charge is 2.12. The van der Waals surface area contributed by atoms with Gasteiger partial charge in [-0.1, -0.05) is 73.3 Å². The molecule has 0 radical (unpaired) electrons. The van der Waals surface area contributed by atoms with Gasteiger partial charge in [-0.25, -0.2) is 0 Å². The molecule has 2 heteroatoms. The van der Waals surface area contributed by atoms with Gasteiger partial charge in [-0.05, 0) is 18.6 Å². The van der Waals surface area contributed by atoms with Crippen LogP contribution in [0.2, 0.25) is 0 Å². The van der Waals surface area contributed by atoms with E-state index >= 15 is 0 Å². The van der Waals surface area contributed by atoms with Crippen LogP contribution in [0.5, 0.6) is 0 Å². The van der Waals surface area contributed by atoms with Crippen LogP contribution in [0, 0.1) is 0 Å². The third kappa shape index (κ3) is 2.59. The van der Waals surface area contributed by atoms with Crippen LogP contribution >= 0.6 is 11.3 Å². The second kappa shape index (κ2) is 6.14. The Morgan fingerprint density at radius 3 is 2.42 bits per heavy atom. The standard InChI is InChI=1S/C22H19NS/c1-15(17-9-4-3-5-10-17)23-16(2)18-12-8-13-20-19-11-6-7-14-21(19)24-22(18)20/h3-15,23H,2H2,1H3. The summed E-state index contributed by atoms with van der Waals surface area (Å²) in [5.41, 5.74) is 3.43. The molecule has 1 N–H and O–H groups in total. The number of nitrogens with one attached hydrogen (secondary N) is 1. The molecule has 0 saturated carbocycles. The third-order valence-corrected chi connectivity index (χ3v) is 5.64. The third-order valence-electron chi connectivity index (χ3n) is 4.42. The first-order valence-corrected chi connectivity index (χ1v) is 8.97. The molecular weight excluding hydrogens is 310 g/mol. The Balaban J connectivity index is 1.72. The van der Waals surface area contributed by atoms with E-state index in [1.807, 2.05) is 17.4 Å². The van der Waals surface area contributed by atoms with Crippen LogP contribution in [0.15, 0.2) is 79.4 Å². The maximum atomic E-state index is 4.31. The maximum Gasteiger partial charge on any atom is 0.0485 e. The van der Waals surface area contributed by atoms with Crippen molar-refractivity contribution in [2.24, 2.45) is 0 Å². The van der Waals surface area contributed by atoms with Crippen molar-refractivity contribution in [1.29, 1.82) is 0 Å². The van der Waals surface area contributed by atoms with E-state index in [1.165, 1.54) is 31.3 Å². The zero-order valence-corrected chi connectivity index (χ0v) is 14.4. The second-order valence-electron chi connectivity index (χ2n) is 6.04. The van der Waals surface area contributed by atoms with E-state index in [0.29, 0.717) is 0 Å². The Morgan fingerprint density at radius 2 is 1.58 bits per heavy atom. The van der Waals surface area contributed by atoms with Gasteiger partial charge in [-0.3, -0.25) is 0 Å². The average molecular weight is 329 g/mol. The lowest BCUT2D eigenvalue weighted by Crippen LogP contribution is -2.16. The van der Waals surface area contributed by atoms with E-state index in [-0.39, 0.29) is 6.04 Å². The number of rotatable bonds is 4. The lowest BCUT2D eigenvalue weighted by Gasteiger charge is -2.18. The Labute approximate surface area is 146 Å². The van der Waals surface area contributed by atoms with Gasteiger partial charge in [0.1, 0.15) is 0 Å². The first kappa shape index (κ1) is 15.0. The van der Waals surface area contributed by atoms with E-state index in [4.69, 9.17) is 0 Å². The molecule has 1 unspecified atom stereocenters. The van der Waals surface area contributed by atoms with Gasteiger partial charge in [0.25, 0.3) is 0 Å². The van der Waals surface area contributed by atoms with Gasteiger partial charge < -0.3 is 5.32 Å². The van der Waals surface area contributed by atoms with Crippen molar-refractivity contribution in [2.75, 3.05) is 0 Å². The quantitative estimate of drug-likeness (QED) is 0.458. The molecule has 4 aromatic rings. The fraction of sp³-hybridized carbons (Fsp3) is 0.0909. The molecule has 1 aromatic heterocycles. The lowest BCUT2D eigenvalue weighted by atomic mass is 10.1. The number of thiophene rings is 1. The number of fused-ring (bicyclic) bond motifs is 3. The highest BCUT2D eigenvalue weighted by Crippen LogP contribution is 2.37. The van der Waals surface area contributed by atoms with Crippen LogP contribution in [0.25, 0.3) is 25.9 Å². The average Bonchev–Trinajstić information content (AvgIpc) is 3.01. The summed E-state index contributed by atoms with van der Waals surface area (Å²) in [6.45, 7) is 6.48. The van der Waals surface area contributed by atoms with Gasteiger partial charge in [0.15, 0.2) is 0 Å². The molecule has 0 spiro atoms. The smallest absolute Gasteiger partial charge is 0.0485 e. The van der Waals surface area contributed by atoms with Crippen molar-refractivity contribution in [2.45, 2.75) is 13.0 Å². The lowest BCUT2D eigenvalue weighted by molar-refractivity contribution is 0.702. The van der Waals surface area contributed by atoms with Crippen LogP contribution in [-0.4, -0.2) is 0 Å². The van der Waals surface area contributed by atoms with Crippen LogP contribution in [-0.2, 0) is 0 Å². The summed E-state index contributed by atoms with van der Waals surface area (Å²) in [6.07, 6.45) is 0. The summed E-state index contributed by atoms with van der Waals surface area (Å²) in [5.74, 6) is 0. The summed E-state index contributed by atoms with van der Waals surface area (Å²) in [5, 5.41) is 6.19. The minimum atomic E-state index is 0.225. The van der Waals surface area contributed by atoms with Gasteiger partial charge in [0, 0.05) is 37.5 Å². The summed E-state index contributed by atoms with van der Waals surface area (Å²) < 4.78 is 2.63. The summed E-state index contributed by atoms with van der Waals surface area (Å²) in [4.78, 5) is 0. The van der Waals surface area contributed by atoms with Crippen LogP contribution in [0.1, 0.15) is 24.1 Å². The van der Waals surface area contributed by atoms with E-state index in [1.54, 1.807) is 0 Å². The van der Waals surface area contributed by atoms with E-state index in [9.17, 15) is 0 Å². The first-order valence-electron chi connectivity index (χ1n) is 8.15. The van der Waals surface area contributed by atoms with E-state index in [2.05, 4.69) is 85.5 Å².